The average molecular weight is 305 g/mol. The Labute approximate surface area is 136 Å². The Bertz CT molecular complexity index is 354. The Morgan fingerprint density at radius 3 is 2.09 bits per heavy atom. The highest BCUT2D eigenvalue weighted by molar-refractivity contribution is 4.89. The summed E-state index contributed by atoms with van der Waals surface area (Å²) >= 11 is 0. The third-order valence-electron chi connectivity index (χ3n) is 6.08. The molecular weight excluding hydrogens is 273 g/mol. The summed E-state index contributed by atoms with van der Waals surface area (Å²) in [7, 11) is 0. The molecule has 0 spiro atoms. The third kappa shape index (κ3) is 5.75. The van der Waals surface area contributed by atoms with E-state index in [0.717, 1.165) is 43.4 Å². The molecule has 0 unspecified atom stereocenters. The Balaban J connectivity index is 1.55. The van der Waals surface area contributed by atoms with E-state index in [2.05, 4.69) is 6.07 Å². The van der Waals surface area contributed by atoms with E-state index in [4.69, 9.17) is 5.26 Å². The second-order valence-electron chi connectivity index (χ2n) is 7.52. The van der Waals surface area contributed by atoms with Gasteiger partial charge in [0.05, 0.1) is 12.4 Å². The molecule has 1 nitrogen and oxygen atoms in total. The number of hydrogen-bond donors (Lipinski definition) is 0. The van der Waals surface area contributed by atoms with Crippen molar-refractivity contribution in [3.63, 3.8) is 0 Å². The molecule has 2 rings (SSSR count). The molecule has 0 bridgehead atoms. The van der Waals surface area contributed by atoms with Crippen molar-refractivity contribution >= 4 is 0 Å². The van der Waals surface area contributed by atoms with Crippen molar-refractivity contribution in [2.24, 2.45) is 23.7 Å². The van der Waals surface area contributed by atoms with E-state index in [1.54, 1.807) is 6.08 Å². The smallest absolute Gasteiger partial charge is 0.0827 e. The lowest BCUT2D eigenvalue weighted by Gasteiger charge is -2.36. The van der Waals surface area contributed by atoms with Crippen LogP contribution in [0.2, 0.25) is 0 Å². The maximum atomic E-state index is 11.8. The van der Waals surface area contributed by atoms with Crippen LogP contribution >= 0.6 is 0 Å². The molecule has 2 saturated carbocycles. The number of nitrogens with zero attached hydrogens (tertiary/aromatic N) is 1. The van der Waals surface area contributed by atoms with Gasteiger partial charge in [-0.1, -0.05) is 38.2 Å². The van der Waals surface area contributed by atoms with Crippen molar-refractivity contribution in [3.05, 3.63) is 12.4 Å². The first-order valence-corrected chi connectivity index (χ1v) is 9.48. The van der Waals surface area contributed by atoms with Gasteiger partial charge in [-0.2, -0.15) is 5.26 Å². The van der Waals surface area contributed by atoms with Gasteiger partial charge in [0.15, 0.2) is 0 Å². The van der Waals surface area contributed by atoms with Crippen molar-refractivity contribution in [2.75, 3.05) is 0 Å². The Hall–Kier alpha value is -0.840. The van der Waals surface area contributed by atoms with Crippen LogP contribution in [0, 0.1) is 35.0 Å². The van der Waals surface area contributed by atoms with Gasteiger partial charge >= 0.3 is 0 Å². The van der Waals surface area contributed by atoms with Crippen LogP contribution in [-0.2, 0) is 0 Å². The third-order valence-corrected chi connectivity index (χ3v) is 6.08. The normalized spacial score (nSPS) is 32.9. The van der Waals surface area contributed by atoms with Crippen molar-refractivity contribution in [3.8, 4) is 6.07 Å². The molecule has 0 aromatic rings. The largest absolute Gasteiger partial charge is 0.216 e. The molecular formula is C20H32FN. The summed E-state index contributed by atoms with van der Waals surface area (Å²) in [6.45, 7) is 0. The maximum Gasteiger partial charge on any atom is 0.0827 e. The molecule has 0 aromatic heterocycles. The minimum absolute atomic E-state index is 0.347. The lowest BCUT2D eigenvalue weighted by atomic mass is 9.69. The molecule has 0 aromatic carbocycles. The average Bonchev–Trinajstić information content (AvgIpc) is 2.59. The summed E-state index contributed by atoms with van der Waals surface area (Å²) in [6, 6.07) is 2.45. The first-order chi connectivity index (χ1) is 10.8. The number of rotatable bonds is 7. The zero-order valence-electron chi connectivity index (χ0n) is 14.0. The van der Waals surface area contributed by atoms with E-state index in [0.29, 0.717) is 12.2 Å². The highest BCUT2D eigenvalue weighted by atomic mass is 19.1. The number of halogens is 1. The molecule has 0 atom stereocenters. The highest BCUT2D eigenvalue weighted by Crippen LogP contribution is 2.42. The minimum Gasteiger partial charge on any atom is -0.216 e. The van der Waals surface area contributed by atoms with E-state index >= 15 is 0 Å². The van der Waals surface area contributed by atoms with Crippen LogP contribution in [0.4, 0.5) is 4.39 Å². The Morgan fingerprint density at radius 1 is 0.864 bits per heavy atom. The predicted octanol–water partition coefficient (Wildman–Crippen LogP) is 6.56. The van der Waals surface area contributed by atoms with Crippen LogP contribution in [0.15, 0.2) is 12.4 Å². The van der Waals surface area contributed by atoms with Crippen LogP contribution in [0.1, 0.15) is 83.5 Å². The number of hydrogen-bond acceptors (Lipinski definition) is 1. The van der Waals surface area contributed by atoms with Gasteiger partial charge in [0.25, 0.3) is 0 Å². The van der Waals surface area contributed by atoms with Gasteiger partial charge in [0, 0.05) is 5.92 Å². The predicted molar refractivity (Wildman–Crippen MR) is 89.8 cm³/mol. The molecule has 124 valence electrons. The fourth-order valence-corrected chi connectivity index (χ4v) is 4.60. The summed E-state index contributed by atoms with van der Waals surface area (Å²) < 4.78 is 11.8. The first-order valence-electron chi connectivity index (χ1n) is 9.48. The SMILES string of the molecule is N#C[C@H]1CC[C@H]([C@H]2CC[C@H](CCCCCC=CF)CC2)CC1. The Kier molecular flexibility index (Phi) is 7.99. The molecule has 0 radical (unpaired) electrons. The van der Waals surface area contributed by atoms with E-state index < -0.39 is 0 Å². The maximum absolute atomic E-state index is 11.8. The topological polar surface area (TPSA) is 23.8 Å². The number of nitriles is 1. The molecule has 2 fully saturated rings. The van der Waals surface area contributed by atoms with Gasteiger partial charge in [0.2, 0.25) is 0 Å². The monoisotopic (exact) mass is 305 g/mol. The van der Waals surface area contributed by atoms with Gasteiger partial charge in [-0.05, 0) is 69.1 Å². The molecule has 22 heavy (non-hydrogen) atoms. The van der Waals surface area contributed by atoms with Gasteiger partial charge < -0.3 is 0 Å². The zero-order valence-corrected chi connectivity index (χ0v) is 14.0. The molecule has 0 heterocycles. The van der Waals surface area contributed by atoms with Crippen molar-refractivity contribution < 1.29 is 4.39 Å². The van der Waals surface area contributed by atoms with Gasteiger partial charge in [-0.3, -0.25) is 0 Å². The lowest BCUT2D eigenvalue weighted by molar-refractivity contribution is 0.152. The zero-order chi connectivity index (χ0) is 15.6. The van der Waals surface area contributed by atoms with Crippen LogP contribution in [-0.4, -0.2) is 0 Å². The molecule has 0 amide bonds. The Morgan fingerprint density at radius 2 is 1.50 bits per heavy atom. The van der Waals surface area contributed by atoms with E-state index in [1.807, 2.05) is 0 Å². The second kappa shape index (κ2) is 10.0. The highest BCUT2D eigenvalue weighted by Gasteiger charge is 2.30. The fraction of sp³-hybridized carbons (Fsp3) is 0.850. The van der Waals surface area contributed by atoms with Crippen molar-refractivity contribution in [1.82, 2.24) is 0 Å². The number of allylic oxidation sites excluding steroid dienone is 1. The van der Waals surface area contributed by atoms with Crippen LogP contribution in [0.5, 0.6) is 0 Å². The van der Waals surface area contributed by atoms with E-state index in [-0.39, 0.29) is 0 Å². The molecule has 2 aliphatic carbocycles. The van der Waals surface area contributed by atoms with Crippen LogP contribution in [0.25, 0.3) is 0 Å². The second-order valence-corrected chi connectivity index (χ2v) is 7.52. The minimum atomic E-state index is 0.347. The summed E-state index contributed by atoms with van der Waals surface area (Å²) in [5, 5.41) is 9.00. The van der Waals surface area contributed by atoms with E-state index in [9.17, 15) is 4.39 Å². The summed E-state index contributed by atoms with van der Waals surface area (Å²) in [5.41, 5.74) is 0. The molecule has 2 aliphatic rings. The van der Waals surface area contributed by atoms with Crippen molar-refractivity contribution in [1.29, 1.82) is 5.26 Å². The fourth-order valence-electron chi connectivity index (χ4n) is 4.60. The lowest BCUT2D eigenvalue weighted by Crippen LogP contribution is -2.25. The van der Waals surface area contributed by atoms with Crippen molar-refractivity contribution in [2.45, 2.75) is 83.5 Å². The molecule has 0 saturated heterocycles. The summed E-state index contributed by atoms with van der Waals surface area (Å²) in [5.74, 6) is 3.16. The van der Waals surface area contributed by atoms with Crippen LogP contribution < -0.4 is 0 Å². The first kappa shape index (κ1) is 17.5. The summed E-state index contributed by atoms with van der Waals surface area (Å²) in [6.07, 6.45) is 18.9. The molecule has 0 N–H and O–H groups in total. The van der Waals surface area contributed by atoms with Gasteiger partial charge in [-0.15, -0.1) is 0 Å². The molecule has 0 aliphatic heterocycles. The van der Waals surface area contributed by atoms with Crippen LogP contribution in [0.3, 0.4) is 0 Å². The van der Waals surface area contributed by atoms with E-state index in [1.165, 1.54) is 57.8 Å². The quantitative estimate of drug-likeness (QED) is 0.489. The number of unbranched alkanes of at least 4 members (excludes halogenated alkanes) is 3. The summed E-state index contributed by atoms with van der Waals surface area (Å²) in [4.78, 5) is 0. The molecule has 2 heteroatoms. The van der Waals surface area contributed by atoms with Gasteiger partial charge in [-0.25, -0.2) is 4.39 Å². The standard InChI is InChI=1S/C20H32FN/c21-15-5-3-1-2-4-6-17-7-11-19(12-8-17)20-13-9-18(16-22)10-14-20/h5,15,17-20H,1-4,6-14H2/t17-,18-,19-,20-. The van der Waals surface area contributed by atoms with Gasteiger partial charge in [0.1, 0.15) is 0 Å².